The topological polar surface area (TPSA) is 55.1 Å². The number of nitrogens with two attached hydrogens (primary N) is 1. The summed E-state index contributed by atoms with van der Waals surface area (Å²) in [6, 6.07) is 10.7. The molecule has 2 aromatic carbocycles. The van der Waals surface area contributed by atoms with Gasteiger partial charge in [0.25, 0.3) is 5.91 Å². The summed E-state index contributed by atoms with van der Waals surface area (Å²) in [7, 11) is 0. The third kappa shape index (κ3) is 3.27. The molecule has 1 atom stereocenters. The van der Waals surface area contributed by atoms with Gasteiger partial charge in [0.15, 0.2) is 0 Å². The van der Waals surface area contributed by atoms with E-state index < -0.39 is 5.82 Å². The van der Waals surface area contributed by atoms with Crippen LogP contribution in [-0.2, 0) is 0 Å². The van der Waals surface area contributed by atoms with E-state index in [0.717, 1.165) is 11.6 Å². The smallest absolute Gasteiger partial charge is 0.253 e. The molecule has 0 heterocycles. The van der Waals surface area contributed by atoms with Crippen LogP contribution in [0.2, 0.25) is 5.02 Å². The van der Waals surface area contributed by atoms with Crippen molar-refractivity contribution in [1.29, 1.82) is 0 Å². The lowest BCUT2D eigenvalue weighted by Gasteiger charge is -2.15. The number of carbonyl (C=O) groups excluding carboxylic acids is 1. The van der Waals surface area contributed by atoms with Crippen LogP contribution >= 0.6 is 11.6 Å². The highest BCUT2D eigenvalue weighted by molar-refractivity contribution is 6.30. The molecule has 0 radical (unpaired) electrons. The Hall–Kier alpha value is -2.07. The van der Waals surface area contributed by atoms with E-state index in [0.29, 0.717) is 5.02 Å². The van der Waals surface area contributed by atoms with Gasteiger partial charge in [0, 0.05) is 10.7 Å². The highest BCUT2D eigenvalue weighted by atomic mass is 35.5. The maximum absolute atomic E-state index is 13.0. The van der Waals surface area contributed by atoms with Crippen LogP contribution in [0.25, 0.3) is 0 Å². The molecule has 104 valence electrons. The standard InChI is InChI=1S/C15H14ClFN2O/c1-9(10-2-4-11(16)5-3-10)19-15(20)13-7-6-12(17)8-14(13)18/h2-9H,18H2,1H3,(H,19,20)/t9-/m1/s1. The van der Waals surface area contributed by atoms with Crippen molar-refractivity contribution in [2.75, 3.05) is 5.73 Å². The number of amides is 1. The minimum absolute atomic E-state index is 0.116. The third-order valence-electron chi connectivity index (χ3n) is 2.98. The molecule has 3 N–H and O–H groups in total. The van der Waals surface area contributed by atoms with Crippen molar-refractivity contribution in [3.63, 3.8) is 0 Å². The largest absolute Gasteiger partial charge is 0.398 e. The minimum Gasteiger partial charge on any atom is -0.398 e. The molecule has 0 aliphatic carbocycles. The van der Waals surface area contributed by atoms with Crippen molar-refractivity contribution in [2.24, 2.45) is 0 Å². The summed E-state index contributed by atoms with van der Waals surface area (Å²) in [5.41, 5.74) is 6.93. The van der Waals surface area contributed by atoms with Gasteiger partial charge in [-0.3, -0.25) is 4.79 Å². The molecule has 2 aromatic rings. The van der Waals surface area contributed by atoms with E-state index in [2.05, 4.69) is 5.32 Å². The van der Waals surface area contributed by atoms with Crippen LogP contribution in [0.1, 0.15) is 28.9 Å². The monoisotopic (exact) mass is 292 g/mol. The molecule has 3 nitrogen and oxygen atoms in total. The van der Waals surface area contributed by atoms with Gasteiger partial charge in [0.05, 0.1) is 11.6 Å². The number of rotatable bonds is 3. The average Bonchev–Trinajstić information content (AvgIpc) is 2.39. The predicted molar refractivity (Wildman–Crippen MR) is 78.1 cm³/mol. The van der Waals surface area contributed by atoms with Crippen LogP contribution in [0.4, 0.5) is 10.1 Å². The summed E-state index contributed by atoms with van der Waals surface area (Å²) in [6.45, 7) is 1.85. The van der Waals surface area contributed by atoms with Crippen molar-refractivity contribution in [2.45, 2.75) is 13.0 Å². The SMILES string of the molecule is C[C@@H](NC(=O)c1ccc(F)cc1N)c1ccc(Cl)cc1. The highest BCUT2D eigenvalue weighted by Crippen LogP contribution is 2.18. The van der Waals surface area contributed by atoms with Crippen molar-refractivity contribution >= 4 is 23.2 Å². The fourth-order valence-electron chi connectivity index (χ4n) is 1.85. The Bertz CT molecular complexity index is 628. The molecule has 1 amide bonds. The van der Waals surface area contributed by atoms with E-state index in [1.807, 2.05) is 19.1 Å². The Morgan fingerprint density at radius 1 is 1.25 bits per heavy atom. The van der Waals surface area contributed by atoms with Gasteiger partial charge in [-0.15, -0.1) is 0 Å². The normalized spacial score (nSPS) is 11.9. The summed E-state index contributed by atoms with van der Waals surface area (Å²) >= 11 is 5.81. The van der Waals surface area contributed by atoms with Crippen LogP contribution < -0.4 is 11.1 Å². The van der Waals surface area contributed by atoms with Crippen LogP contribution in [0.15, 0.2) is 42.5 Å². The Labute approximate surface area is 121 Å². The highest BCUT2D eigenvalue weighted by Gasteiger charge is 2.14. The zero-order chi connectivity index (χ0) is 14.7. The first kappa shape index (κ1) is 14.3. The lowest BCUT2D eigenvalue weighted by molar-refractivity contribution is 0.0941. The number of hydrogen-bond donors (Lipinski definition) is 2. The molecule has 0 aromatic heterocycles. The first-order valence-corrected chi connectivity index (χ1v) is 6.46. The van der Waals surface area contributed by atoms with Gasteiger partial charge >= 0.3 is 0 Å². The van der Waals surface area contributed by atoms with Crippen LogP contribution in [-0.4, -0.2) is 5.91 Å². The number of nitrogen functional groups attached to an aromatic ring is 1. The lowest BCUT2D eigenvalue weighted by Crippen LogP contribution is -2.27. The summed E-state index contributed by atoms with van der Waals surface area (Å²) in [6.07, 6.45) is 0. The van der Waals surface area contributed by atoms with Gasteiger partial charge in [0.2, 0.25) is 0 Å². The van der Waals surface area contributed by atoms with Crippen LogP contribution in [0.3, 0.4) is 0 Å². The van der Waals surface area contributed by atoms with Gasteiger partial charge in [-0.2, -0.15) is 0 Å². The fourth-order valence-corrected chi connectivity index (χ4v) is 1.98. The van der Waals surface area contributed by atoms with E-state index in [4.69, 9.17) is 17.3 Å². The minimum atomic E-state index is -0.468. The maximum atomic E-state index is 13.0. The van der Waals surface area contributed by atoms with Crippen molar-refractivity contribution < 1.29 is 9.18 Å². The fraction of sp³-hybridized carbons (Fsp3) is 0.133. The maximum Gasteiger partial charge on any atom is 0.253 e. The van der Waals surface area contributed by atoms with Crippen LogP contribution in [0.5, 0.6) is 0 Å². The summed E-state index contributed by atoms with van der Waals surface area (Å²) in [5, 5.41) is 3.44. The molecule has 0 fully saturated rings. The molecule has 20 heavy (non-hydrogen) atoms. The molecule has 0 spiro atoms. The van der Waals surface area contributed by atoms with E-state index >= 15 is 0 Å². The number of nitrogens with one attached hydrogen (secondary N) is 1. The molecule has 0 unspecified atom stereocenters. The number of anilines is 1. The third-order valence-corrected chi connectivity index (χ3v) is 3.23. The molecule has 5 heteroatoms. The van der Waals surface area contributed by atoms with Crippen molar-refractivity contribution in [3.8, 4) is 0 Å². The van der Waals surface area contributed by atoms with Gasteiger partial charge < -0.3 is 11.1 Å². The molecule has 2 rings (SSSR count). The Morgan fingerprint density at radius 3 is 2.50 bits per heavy atom. The second kappa shape index (κ2) is 5.92. The zero-order valence-electron chi connectivity index (χ0n) is 10.9. The molecular formula is C15H14ClFN2O. The molecule has 0 aliphatic rings. The Balaban J connectivity index is 2.13. The summed E-state index contributed by atoms with van der Waals surface area (Å²) < 4.78 is 13.0. The van der Waals surface area contributed by atoms with Crippen LogP contribution in [0, 0.1) is 5.82 Å². The van der Waals surface area contributed by atoms with Crippen molar-refractivity contribution in [3.05, 3.63) is 64.4 Å². The van der Waals surface area contributed by atoms with Gasteiger partial charge in [-0.25, -0.2) is 4.39 Å². The van der Waals surface area contributed by atoms with Gasteiger partial charge in [0.1, 0.15) is 5.82 Å². The Kier molecular flexibility index (Phi) is 4.25. The van der Waals surface area contributed by atoms with E-state index in [-0.39, 0.29) is 23.2 Å². The quantitative estimate of drug-likeness (QED) is 0.850. The zero-order valence-corrected chi connectivity index (χ0v) is 11.6. The average molecular weight is 293 g/mol. The molecule has 0 saturated heterocycles. The second-order valence-corrected chi connectivity index (χ2v) is 4.91. The number of carbonyl (C=O) groups is 1. The van der Waals surface area contributed by atoms with Gasteiger partial charge in [-0.05, 0) is 42.8 Å². The number of benzene rings is 2. The first-order chi connectivity index (χ1) is 9.47. The summed E-state index contributed by atoms with van der Waals surface area (Å²) in [4.78, 5) is 12.1. The Morgan fingerprint density at radius 2 is 1.90 bits per heavy atom. The molecule has 0 bridgehead atoms. The van der Waals surface area contributed by atoms with Crippen molar-refractivity contribution in [1.82, 2.24) is 5.32 Å². The molecule has 0 saturated carbocycles. The number of halogens is 2. The lowest BCUT2D eigenvalue weighted by atomic mass is 10.1. The molecular weight excluding hydrogens is 279 g/mol. The molecule has 0 aliphatic heterocycles. The number of hydrogen-bond acceptors (Lipinski definition) is 2. The predicted octanol–water partition coefficient (Wildman–Crippen LogP) is 3.55. The van der Waals surface area contributed by atoms with E-state index in [1.165, 1.54) is 12.1 Å². The van der Waals surface area contributed by atoms with E-state index in [9.17, 15) is 9.18 Å². The van der Waals surface area contributed by atoms with Gasteiger partial charge in [-0.1, -0.05) is 23.7 Å². The first-order valence-electron chi connectivity index (χ1n) is 6.08. The van der Waals surface area contributed by atoms with E-state index in [1.54, 1.807) is 12.1 Å². The second-order valence-electron chi connectivity index (χ2n) is 4.48. The summed E-state index contributed by atoms with van der Waals surface area (Å²) in [5.74, 6) is -0.810.